The third-order valence-electron chi connectivity index (χ3n) is 2.54. The van der Waals surface area contributed by atoms with E-state index in [1.165, 1.54) is 7.11 Å². The highest BCUT2D eigenvalue weighted by atomic mass is 16.5. The first-order valence-electron chi connectivity index (χ1n) is 5.69. The molecule has 2 aromatic rings. The lowest BCUT2D eigenvalue weighted by molar-refractivity contribution is 0.0601. The fourth-order valence-corrected chi connectivity index (χ4v) is 1.59. The second-order valence-corrected chi connectivity index (χ2v) is 3.76. The number of hydrogen-bond donors (Lipinski definition) is 1. The van der Waals surface area contributed by atoms with Crippen LogP contribution < -0.4 is 5.32 Å². The van der Waals surface area contributed by atoms with Crippen LogP contribution in [0.2, 0.25) is 0 Å². The molecule has 0 spiro atoms. The Hall–Kier alpha value is -2.30. The summed E-state index contributed by atoms with van der Waals surface area (Å²) in [6.45, 7) is 1.57. The molecule has 0 aliphatic rings. The third kappa shape index (κ3) is 3.10. The van der Waals surface area contributed by atoms with E-state index in [9.17, 15) is 4.79 Å². The van der Waals surface area contributed by atoms with Gasteiger partial charge in [0.25, 0.3) is 0 Å². The molecule has 1 N–H and O–H groups in total. The van der Waals surface area contributed by atoms with E-state index in [4.69, 9.17) is 0 Å². The van der Waals surface area contributed by atoms with Crippen LogP contribution in [-0.2, 0) is 11.3 Å². The summed E-state index contributed by atoms with van der Waals surface area (Å²) in [5, 5.41) is 7.37. The summed E-state index contributed by atoms with van der Waals surface area (Å²) >= 11 is 0. The van der Waals surface area contributed by atoms with Crippen LogP contribution in [0.3, 0.4) is 0 Å². The topological polar surface area (TPSA) is 56.1 Å². The summed E-state index contributed by atoms with van der Waals surface area (Å²) in [5.41, 5.74) is 1.52. The molecule has 1 aromatic carbocycles. The molecule has 5 nitrogen and oxygen atoms in total. The van der Waals surface area contributed by atoms with Crippen LogP contribution in [0.4, 0.5) is 5.69 Å². The number of carbonyl (C=O) groups is 1. The smallest absolute Gasteiger partial charge is 0.337 e. The van der Waals surface area contributed by atoms with Crippen LogP contribution in [0.25, 0.3) is 0 Å². The lowest BCUT2D eigenvalue weighted by Gasteiger charge is -2.07. The summed E-state index contributed by atoms with van der Waals surface area (Å²) in [6.07, 6.45) is 3.67. The number of ether oxygens (including phenoxy) is 1. The van der Waals surface area contributed by atoms with Gasteiger partial charge in [0.1, 0.15) is 0 Å². The first-order chi connectivity index (χ1) is 8.79. The minimum absolute atomic E-state index is 0.321. The fraction of sp³-hybridized carbons (Fsp3) is 0.231. The van der Waals surface area contributed by atoms with Crippen molar-refractivity contribution in [2.45, 2.75) is 6.54 Å². The Morgan fingerprint density at radius 1 is 1.39 bits per heavy atom. The molecule has 0 aliphatic heterocycles. The standard InChI is InChI=1S/C13H15N3O2/c1-18-13(17)11-3-5-12(6-4-11)14-8-10-16-9-2-7-15-16/h2-7,9,14H,8,10H2,1H3. The number of nitrogens with zero attached hydrogens (tertiary/aromatic N) is 2. The zero-order valence-electron chi connectivity index (χ0n) is 10.2. The maximum atomic E-state index is 11.2. The fourth-order valence-electron chi connectivity index (χ4n) is 1.59. The summed E-state index contributed by atoms with van der Waals surface area (Å²) in [7, 11) is 1.37. The normalized spacial score (nSPS) is 10.1. The number of carbonyl (C=O) groups excluding carboxylic acids is 1. The van der Waals surface area contributed by atoms with Crippen LogP contribution in [0.5, 0.6) is 0 Å². The van der Waals surface area contributed by atoms with Gasteiger partial charge in [-0.1, -0.05) is 0 Å². The Kier molecular flexibility index (Phi) is 3.96. The first kappa shape index (κ1) is 12.2. The number of nitrogens with one attached hydrogen (secondary N) is 1. The van der Waals surface area contributed by atoms with Crippen molar-refractivity contribution in [1.82, 2.24) is 9.78 Å². The van der Waals surface area contributed by atoms with E-state index in [2.05, 4.69) is 15.2 Å². The molecule has 0 fully saturated rings. The predicted octanol–water partition coefficient (Wildman–Crippen LogP) is 1.78. The number of methoxy groups -OCH3 is 1. The molecular weight excluding hydrogens is 230 g/mol. The molecular formula is C13H15N3O2. The molecule has 0 aliphatic carbocycles. The van der Waals surface area contributed by atoms with Gasteiger partial charge in [0.15, 0.2) is 0 Å². The Morgan fingerprint density at radius 2 is 2.17 bits per heavy atom. The number of esters is 1. The Bertz CT molecular complexity index is 491. The van der Waals surface area contributed by atoms with Gasteiger partial charge in [-0.3, -0.25) is 4.68 Å². The third-order valence-corrected chi connectivity index (χ3v) is 2.54. The summed E-state index contributed by atoms with van der Waals surface area (Å²) < 4.78 is 6.49. The largest absolute Gasteiger partial charge is 0.465 e. The Labute approximate surface area is 105 Å². The maximum Gasteiger partial charge on any atom is 0.337 e. The van der Waals surface area contributed by atoms with Crippen LogP contribution in [0, 0.1) is 0 Å². The molecule has 1 heterocycles. The molecule has 0 bridgehead atoms. The van der Waals surface area contributed by atoms with Crippen molar-refractivity contribution in [3.8, 4) is 0 Å². The molecule has 0 unspecified atom stereocenters. The molecule has 0 atom stereocenters. The number of anilines is 1. The van der Waals surface area contributed by atoms with Crippen molar-refractivity contribution >= 4 is 11.7 Å². The summed E-state index contributed by atoms with van der Waals surface area (Å²) in [6, 6.07) is 9.08. The lowest BCUT2D eigenvalue weighted by atomic mass is 10.2. The SMILES string of the molecule is COC(=O)c1ccc(NCCn2cccn2)cc1. The predicted molar refractivity (Wildman–Crippen MR) is 68.5 cm³/mol. The quantitative estimate of drug-likeness (QED) is 0.816. The van der Waals surface area contributed by atoms with Gasteiger partial charge in [-0.15, -0.1) is 0 Å². The number of aromatic nitrogens is 2. The molecule has 1 aromatic heterocycles. The van der Waals surface area contributed by atoms with Crippen LogP contribution in [0.1, 0.15) is 10.4 Å². The van der Waals surface area contributed by atoms with Crippen molar-refractivity contribution in [3.63, 3.8) is 0 Å². The second kappa shape index (κ2) is 5.86. The molecule has 2 rings (SSSR count). The molecule has 94 valence electrons. The Balaban J connectivity index is 1.85. The minimum atomic E-state index is -0.321. The van der Waals surface area contributed by atoms with Gasteiger partial charge in [-0.25, -0.2) is 4.79 Å². The molecule has 5 heteroatoms. The van der Waals surface area contributed by atoms with Crippen LogP contribution in [-0.4, -0.2) is 29.4 Å². The summed E-state index contributed by atoms with van der Waals surface area (Å²) in [5.74, 6) is -0.321. The zero-order chi connectivity index (χ0) is 12.8. The van der Waals surface area contributed by atoms with E-state index in [-0.39, 0.29) is 5.97 Å². The van der Waals surface area contributed by atoms with E-state index in [1.54, 1.807) is 18.3 Å². The van der Waals surface area contributed by atoms with Crippen molar-refractivity contribution in [3.05, 3.63) is 48.3 Å². The van der Waals surface area contributed by atoms with E-state index < -0.39 is 0 Å². The zero-order valence-corrected chi connectivity index (χ0v) is 10.2. The van der Waals surface area contributed by atoms with Gasteiger partial charge in [0, 0.05) is 24.6 Å². The van der Waals surface area contributed by atoms with Crippen molar-refractivity contribution in [1.29, 1.82) is 0 Å². The summed E-state index contributed by atoms with van der Waals surface area (Å²) in [4.78, 5) is 11.2. The van der Waals surface area contributed by atoms with Gasteiger partial charge in [-0.05, 0) is 30.3 Å². The molecule has 18 heavy (non-hydrogen) atoms. The van der Waals surface area contributed by atoms with Crippen LogP contribution in [0.15, 0.2) is 42.7 Å². The van der Waals surface area contributed by atoms with E-state index in [1.807, 2.05) is 29.1 Å². The van der Waals surface area contributed by atoms with E-state index >= 15 is 0 Å². The number of hydrogen-bond acceptors (Lipinski definition) is 4. The average molecular weight is 245 g/mol. The maximum absolute atomic E-state index is 11.2. The lowest BCUT2D eigenvalue weighted by Crippen LogP contribution is -2.10. The molecule has 0 saturated heterocycles. The van der Waals surface area contributed by atoms with Gasteiger partial charge >= 0.3 is 5.97 Å². The molecule has 0 amide bonds. The highest BCUT2D eigenvalue weighted by Gasteiger charge is 2.03. The second-order valence-electron chi connectivity index (χ2n) is 3.76. The monoisotopic (exact) mass is 245 g/mol. The average Bonchev–Trinajstić information content (AvgIpc) is 2.92. The van der Waals surface area contributed by atoms with Gasteiger partial charge in [0.05, 0.1) is 19.2 Å². The van der Waals surface area contributed by atoms with Crippen molar-refractivity contribution in [2.75, 3.05) is 19.0 Å². The Morgan fingerprint density at radius 3 is 2.78 bits per heavy atom. The highest BCUT2D eigenvalue weighted by molar-refractivity contribution is 5.89. The van der Waals surface area contributed by atoms with E-state index in [0.717, 1.165) is 18.8 Å². The van der Waals surface area contributed by atoms with Crippen molar-refractivity contribution in [2.24, 2.45) is 0 Å². The van der Waals surface area contributed by atoms with Crippen molar-refractivity contribution < 1.29 is 9.53 Å². The van der Waals surface area contributed by atoms with Crippen LogP contribution >= 0.6 is 0 Å². The minimum Gasteiger partial charge on any atom is -0.465 e. The number of benzene rings is 1. The van der Waals surface area contributed by atoms with Gasteiger partial charge < -0.3 is 10.1 Å². The van der Waals surface area contributed by atoms with Gasteiger partial charge in [0.2, 0.25) is 0 Å². The van der Waals surface area contributed by atoms with Gasteiger partial charge in [-0.2, -0.15) is 5.10 Å². The highest BCUT2D eigenvalue weighted by Crippen LogP contribution is 2.10. The number of rotatable bonds is 5. The molecule has 0 saturated carbocycles. The van der Waals surface area contributed by atoms with E-state index in [0.29, 0.717) is 5.56 Å². The molecule has 0 radical (unpaired) electrons. The first-order valence-corrected chi connectivity index (χ1v) is 5.69.